The second-order valence-corrected chi connectivity index (χ2v) is 12.9. The minimum Gasteiger partial charge on any atom is -0.493 e. The van der Waals surface area contributed by atoms with Crippen LogP contribution in [0.3, 0.4) is 0 Å². The zero-order valence-corrected chi connectivity index (χ0v) is 29.1. The topological polar surface area (TPSA) is 243 Å². The van der Waals surface area contributed by atoms with E-state index in [-0.39, 0.29) is 46.3 Å². The van der Waals surface area contributed by atoms with Crippen molar-refractivity contribution in [3.63, 3.8) is 0 Å². The second-order valence-electron chi connectivity index (χ2n) is 12.9. The standard InChI is InChI=1S/C34H46O18/c1-42-17-6-13(7-18(43-2)30(17)50-33-26(40)23(37)22(36)21(10-35)49-33)28-15-11-48-29(16(15)12-47-28)14-8-19(44-3)31(20(9-14)45-4)51-34-27(41)24(38)25(39)32(46-5)52-34/h6-9,15-16,21-29,32-41H,10-12H2,1-5H3. The smallest absolute Gasteiger partial charge is 0.231 e. The first kappa shape index (κ1) is 38.5. The monoisotopic (exact) mass is 742 g/mol. The van der Waals surface area contributed by atoms with Crippen molar-refractivity contribution in [3.05, 3.63) is 35.4 Å². The molecule has 0 spiro atoms. The van der Waals surface area contributed by atoms with E-state index in [1.165, 1.54) is 35.5 Å². The Labute approximate surface area is 298 Å². The van der Waals surface area contributed by atoms with Crippen molar-refractivity contribution in [2.24, 2.45) is 11.8 Å². The quantitative estimate of drug-likeness (QED) is 0.135. The summed E-state index contributed by atoms with van der Waals surface area (Å²) in [5, 5.41) is 71.6. The summed E-state index contributed by atoms with van der Waals surface area (Å²) in [5.74, 6) is 0.791. The highest BCUT2D eigenvalue weighted by atomic mass is 16.8. The second kappa shape index (κ2) is 16.0. The maximum absolute atomic E-state index is 10.6. The summed E-state index contributed by atoms with van der Waals surface area (Å²) in [6.07, 6.45) is -15.8. The molecule has 4 saturated heterocycles. The van der Waals surface area contributed by atoms with Crippen LogP contribution >= 0.6 is 0 Å². The Bertz CT molecular complexity index is 1360. The number of aliphatic hydroxyl groups is 7. The molecule has 14 atom stereocenters. The van der Waals surface area contributed by atoms with Crippen LogP contribution in [0.15, 0.2) is 24.3 Å². The van der Waals surface area contributed by atoms with Crippen LogP contribution in [0.5, 0.6) is 34.5 Å². The average molecular weight is 743 g/mol. The zero-order chi connectivity index (χ0) is 37.4. The van der Waals surface area contributed by atoms with Crippen molar-refractivity contribution in [1.29, 1.82) is 0 Å². The molecule has 4 heterocycles. The lowest BCUT2D eigenvalue weighted by Gasteiger charge is -2.39. The highest BCUT2D eigenvalue weighted by molar-refractivity contribution is 5.56. The highest BCUT2D eigenvalue weighted by Gasteiger charge is 2.50. The van der Waals surface area contributed by atoms with Crippen LogP contribution < -0.4 is 28.4 Å². The zero-order valence-electron chi connectivity index (χ0n) is 29.1. The summed E-state index contributed by atoms with van der Waals surface area (Å²) < 4.78 is 63.2. The Balaban J connectivity index is 1.22. The van der Waals surface area contributed by atoms with Gasteiger partial charge in [0.05, 0.1) is 60.5 Å². The van der Waals surface area contributed by atoms with E-state index in [4.69, 9.17) is 52.1 Å². The van der Waals surface area contributed by atoms with Crippen LogP contribution in [0.1, 0.15) is 23.3 Å². The Morgan fingerprint density at radius 2 is 0.923 bits per heavy atom. The molecule has 4 fully saturated rings. The van der Waals surface area contributed by atoms with Gasteiger partial charge in [-0.3, -0.25) is 0 Å². The maximum Gasteiger partial charge on any atom is 0.231 e. The molecule has 0 saturated carbocycles. The van der Waals surface area contributed by atoms with E-state index in [1.54, 1.807) is 24.3 Å². The molecule has 0 amide bonds. The van der Waals surface area contributed by atoms with Gasteiger partial charge in [-0.15, -0.1) is 0 Å². The van der Waals surface area contributed by atoms with Gasteiger partial charge in [-0.05, 0) is 35.4 Å². The van der Waals surface area contributed by atoms with Gasteiger partial charge >= 0.3 is 0 Å². The van der Waals surface area contributed by atoms with Crippen molar-refractivity contribution in [2.75, 3.05) is 55.4 Å². The van der Waals surface area contributed by atoms with Gasteiger partial charge in [0.15, 0.2) is 29.3 Å². The summed E-state index contributed by atoms with van der Waals surface area (Å²) in [7, 11) is 6.98. The fraction of sp³-hybridized carbons (Fsp3) is 0.647. The number of hydrogen-bond acceptors (Lipinski definition) is 18. The number of benzene rings is 2. The van der Waals surface area contributed by atoms with Gasteiger partial charge in [0.25, 0.3) is 0 Å². The van der Waals surface area contributed by atoms with Crippen LogP contribution in [-0.4, -0.2) is 153 Å². The van der Waals surface area contributed by atoms with E-state index in [1.807, 2.05) is 0 Å². The minimum atomic E-state index is -1.65. The molecule has 4 aliphatic heterocycles. The molecule has 0 aliphatic carbocycles. The van der Waals surface area contributed by atoms with Gasteiger partial charge in [-0.2, -0.15) is 0 Å². The third-order valence-corrected chi connectivity index (χ3v) is 9.96. The molecule has 6 rings (SSSR count). The van der Waals surface area contributed by atoms with E-state index in [2.05, 4.69) is 0 Å². The Hall–Kier alpha value is -3.24. The van der Waals surface area contributed by atoms with Crippen molar-refractivity contribution in [3.8, 4) is 34.5 Å². The first-order valence-corrected chi connectivity index (χ1v) is 16.6. The lowest BCUT2D eigenvalue weighted by atomic mass is 9.84. The number of rotatable bonds is 12. The van der Waals surface area contributed by atoms with Gasteiger partial charge in [-0.25, -0.2) is 0 Å². The van der Waals surface area contributed by atoms with Gasteiger partial charge < -0.3 is 87.9 Å². The van der Waals surface area contributed by atoms with Gasteiger partial charge in [-0.1, -0.05) is 0 Å². The molecule has 7 N–H and O–H groups in total. The molecule has 0 radical (unpaired) electrons. The Morgan fingerprint density at radius 1 is 0.538 bits per heavy atom. The maximum atomic E-state index is 10.6. The summed E-state index contributed by atoms with van der Waals surface area (Å²) in [5.41, 5.74) is 1.39. The van der Waals surface area contributed by atoms with Crippen molar-refractivity contribution in [2.45, 2.75) is 73.8 Å². The molecule has 18 nitrogen and oxygen atoms in total. The van der Waals surface area contributed by atoms with Crippen LogP contribution in [0.2, 0.25) is 0 Å². The van der Waals surface area contributed by atoms with E-state index < -0.39 is 80.4 Å². The summed E-state index contributed by atoms with van der Waals surface area (Å²) in [6.45, 7) is 0.0421. The number of methoxy groups -OCH3 is 5. The average Bonchev–Trinajstić information content (AvgIpc) is 3.78. The predicted molar refractivity (Wildman–Crippen MR) is 172 cm³/mol. The third-order valence-electron chi connectivity index (χ3n) is 9.96. The van der Waals surface area contributed by atoms with Crippen molar-refractivity contribution >= 4 is 0 Å². The normalized spacial score (nSPS) is 37.3. The fourth-order valence-electron chi connectivity index (χ4n) is 7.10. The van der Waals surface area contributed by atoms with Gasteiger partial charge in [0.2, 0.25) is 24.1 Å². The van der Waals surface area contributed by atoms with E-state index in [0.717, 1.165) is 0 Å². The summed E-state index contributed by atoms with van der Waals surface area (Å²) in [6, 6.07) is 6.83. The third kappa shape index (κ3) is 6.94. The first-order chi connectivity index (χ1) is 25.0. The number of fused-ring (bicyclic) bond motifs is 1. The molecule has 4 aliphatic rings. The summed E-state index contributed by atoms with van der Waals surface area (Å²) >= 11 is 0. The SMILES string of the molecule is COc1cc(C2OCC3C(c4cc(OC)c(OC5OC(OC)C(O)C(O)C5O)c(OC)c4)OCC23)cc(OC)c1OC1OC(CO)C(O)C(O)C1O. The molecule has 2 aromatic rings. The van der Waals surface area contributed by atoms with Crippen molar-refractivity contribution in [1.82, 2.24) is 0 Å². The van der Waals surface area contributed by atoms with Crippen LogP contribution in [0, 0.1) is 11.8 Å². The van der Waals surface area contributed by atoms with Crippen molar-refractivity contribution < 1.29 is 87.9 Å². The highest BCUT2D eigenvalue weighted by Crippen LogP contribution is 2.54. The number of hydrogen-bond donors (Lipinski definition) is 7. The molecule has 14 unspecified atom stereocenters. The Kier molecular flexibility index (Phi) is 11.8. The molecular formula is C34H46O18. The number of aliphatic hydroxyl groups excluding tert-OH is 7. The predicted octanol–water partition coefficient (Wildman–Crippen LogP) is -1.23. The first-order valence-electron chi connectivity index (χ1n) is 16.6. The largest absolute Gasteiger partial charge is 0.493 e. The molecule has 0 bridgehead atoms. The Morgan fingerprint density at radius 3 is 1.31 bits per heavy atom. The molecule has 18 heteroatoms. The lowest BCUT2D eigenvalue weighted by molar-refractivity contribution is -0.327. The van der Waals surface area contributed by atoms with Crippen LogP contribution in [-0.2, 0) is 23.7 Å². The molecular weight excluding hydrogens is 696 g/mol. The molecule has 2 aromatic carbocycles. The van der Waals surface area contributed by atoms with E-state index >= 15 is 0 Å². The van der Waals surface area contributed by atoms with E-state index in [0.29, 0.717) is 24.3 Å². The fourth-order valence-corrected chi connectivity index (χ4v) is 7.10. The van der Waals surface area contributed by atoms with E-state index in [9.17, 15) is 35.7 Å². The minimum absolute atomic E-state index is 0.0595. The van der Waals surface area contributed by atoms with Gasteiger partial charge in [0, 0.05) is 18.9 Å². The number of ether oxygens (including phenoxy) is 11. The molecule has 52 heavy (non-hydrogen) atoms. The molecule has 290 valence electrons. The lowest BCUT2D eigenvalue weighted by Crippen LogP contribution is -2.60. The molecule has 0 aromatic heterocycles. The summed E-state index contributed by atoms with van der Waals surface area (Å²) in [4.78, 5) is 0. The van der Waals surface area contributed by atoms with Crippen LogP contribution in [0.25, 0.3) is 0 Å². The van der Waals surface area contributed by atoms with Crippen LogP contribution in [0.4, 0.5) is 0 Å². The van der Waals surface area contributed by atoms with Gasteiger partial charge in [0.1, 0.15) is 42.7 Å².